The maximum absolute atomic E-state index is 13.2. The Kier molecular flexibility index (Phi) is 6.64. The molecule has 0 spiro atoms. The van der Waals surface area contributed by atoms with Gasteiger partial charge >= 0.3 is 6.09 Å². The van der Waals surface area contributed by atoms with E-state index in [0.29, 0.717) is 11.3 Å². The number of amides is 2. The van der Waals surface area contributed by atoms with Crippen molar-refractivity contribution in [3.63, 3.8) is 0 Å². The molecule has 2 amide bonds. The number of nitrogens with zero attached hydrogens (tertiary/aromatic N) is 2. The molecule has 9 heteroatoms. The molecule has 2 N–H and O–H groups in total. The van der Waals surface area contributed by atoms with Crippen LogP contribution in [0, 0.1) is 5.82 Å². The van der Waals surface area contributed by atoms with Crippen molar-refractivity contribution in [2.75, 3.05) is 5.32 Å². The molecule has 0 fully saturated rings. The Labute approximate surface area is 178 Å². The van der Waals surface area contributed by atoms with Gasteiger partial charge in [0.15, 0.2) is 0 Å². The third kappa shape index (κ3) is 6.63. The van der Waals surface area contributed by atoms with Crippen LogP contribution in [0.2, 0.25) is 0 Å². The standard InChI is InChI=1S/C22H23FN4O4/c1-22(2,3)30-21(29)25-18(12-14-4-6-16(23)7-5-14)20(28)26-19-13-17(27-31-19)15-8-10-24-11-9-15/h4-11,13,18H,12H2,1-3H3,(H,25,29)(H,26,28)/t18-/m0/s1. The van der Waals surface area contributed by atoms with E-state index in [4.69, 9.17) is 9.26 Å². The summed E-state index contributed by atoms with van der Waals surface area (Å²) in [5, 5.41) is 9.09. The molecular weight excluding hydrogens is 403 g/mol. The van der Waals surface area contributed by atoms with Crippen molar-refractivity contribution in [2.45, 2.75) is 38.8 Å². The van der Waals surface area contributed by atoms with E-state index in [1.807, 2.05) is 0 Å². The van der Waals surface area contributed by atoms with Gasteiger partial charge in [-0.05, 0) is 50.6 Å². The first-order chi connectivity index (χ1) is 14.7. The third-order valence-electron chi connectivity index (χ3n) is 4.09. The summed E-state index contributed by atoms with van der Waals surface area (Å²) in [6.45, 7) is 5.16. The number of ether oxygens (including phenoxy) is 1. The van der Waals surface area contributed by atoms with Crippen molar-refractivity contribution in [3.05, 3.63) is 66.2 Å². The molecule has 0 bridgehead atoms. The van der Waals surface area contributed by atoms with Crippen LogP contribution in [0.5, 0.6) is 0 Å². The van der Waals surface area contributed by atoms with Crippen molar-refractivity contribution in [2.24, 2.45) is 0 Å². The topological polar surface area (TPSA) is 106 Å². The molecule has 0 unspecified atom stereocenters. The number of carbonyl (C=O) groups is 2. The Bertz CT molecular complexity index is 1030. The molecule has 3 aromatic rings. The fraction of sp³-hybridized carbons (Fsp3) is 0.273. The Morgan fingerprint density at radius 1 is 1.13 bits per heavy atom. The highest BCUT2D eigenvalue weighted by molar-refractivity contribution is 5.96. The maximum atomic E-state index is 13.2. The summed E-state index contributed by atoms with van der Waals surface area (Å²) in [5.74, 6) is -0.810. The predicted octanol–water partition coefficient (Wildman–Crippen LogP) is 3.95. The monoisotopic (exact) mass is 426 g/mol. The number of nitrogens with one attached hydrogen (secondary N) is 2. The zero-order chi connectivity index (χ0) is 22.4. The highest BCUT2D eigenvalue weighted by Gasteiger charge is 2.26. The Morgan fingerprint density at radius 2 is 1.81 bits per heavy atom. The van der Waals surface area contributed by atoms with Gasteiger partial charge in [0.25, 0.3) is 0 Å². The molecule has 0 aliphatic heterocycles. The van der Waals surface area contributed by atoms with Crippen LogP contribution in [0.15, 0.2) is 59.4 Å². The number of carbonyl (C=O) groups excluding carboxylic acids is 2. The predicted molar refractivity (Wildman–Crippen MR) is 112 cm³/mol. The molecular formula is C22H23FN4O4. The zero-order valence-electron chi connectivity index (χ0n) is 17.4. The number of halogens is 1. The molecule has 1 atom stereocenters. The molecule has 162 valence electrons. The van der Waals surface area contributed by atoms with E-state index in [0.717, 1.165) is 5.56 Å². The van der Waals surface area contributed by atoms with Gasteiger partial charge in [0.05, 0.1) is 0 Å². The van der Waals surface area contributed by atoms with E-state index in [9.17, 15) is 14.0 Å². The molecule has 31 heavy (non-hydrogen) atoms. The number of pyridine rings is 1. The molecule has 3 rings (SSSR count). The van der Waals surface area contributed by atoms with E-state index < -0.39 is 29.5 Å². The van der Waals surface area contributed by atoms with Crippen LogP contribution in [0.1, 0.15) is 26.3 Å². The van der Waals surface area contributed by atoms with Gasteiger partial charge in [-0.25, -0.2) is 9.18 Å². The lowest BCUT2D eigenvalue weighted by atomic mass is 10.1. The molecule has 0 saturated carbocycles. The van der Waals surface area contributed by atoms with Gasteiger partial charge in [-0.15, -0.1) is 0 Å². The fourth-order valence-corrected chi connectivity index (χ4v) is 2.72. The molecule has 2 heterocycles. The fourth-order valence-electron chi connectivity index (χ4n) is 2.72. The summed E-state index contributed by atoms with van der Waals surface area (Å²) >= 11 is 0. The van der Waals surface area contributed by atoms with E-state index in [1.54, 1.807) is 63.5 Å². The lowest BCUT2D eigenvalue weighted by Gasteiger charge is -2.23. The molecule has 0 aliphatic carbocycles. The number of benzene rings is 1. The van der Waals surface area contributed by atoms with Crippen molar-refractivity contribution in [1.82, 2.24) is 15.5 Å². The Balaban J connectivity index is 1.74. The van der Waals surface area contributed by atoms with Crippen LogP contribution < -0.4 is 10.6 Å². The minimum atomic E-state index is -0.991. The first-order valence-corrected chi connectivity index (χ1v) is 9.61. The molecule has 0 radical (unpaired) electrons. The number of aromatic nitrogens is 2. The molecule has 0 aliphatic rings. The number of hydrogen-bond acceptors (Lipinski definition) is 6. The minimum Gasteiger partial charge on any atom is -0.444 e. The van der Waals surface area contributed by atoms with E-state index in [-0.39, 0.29) is 12.3 Å². The van der Waals surface area contributed by atoms with Gasteiger partial charge in [0.2, 0.25) is 11.8 Å². The average Bonchev–Trinajstić information content (AvgIpc) is 3.17. The molecule has 1 aromatic carbocycles. The summed E-state index contributed by atoms with van der Waals surface area (Å²) in [5.41, 5.74) is 1.22. The molecule has 8 nitrogen and oxygen atoms in total. The van der Waals surface area contributed by atoms with Crippen molar-refractivity contribution in [1.29, 1.82) is 0 Å². The van der Waals surface area contributed by atoms with Crippen LogP contribution in [0.3, 0.4) is 0 Å². The lowest BCUT2D eigenvalue weighted by Crippen LogP contribution is -2.47. The lowest BCUT2D eigenvalue weighted by molar-refractivity contribution is -0.118. The number of hydrogen-bond donors (Lipinski definition) is 2. The Morgan fingerprint density at radius 3 is 2.45 bits per heavy atom. The van der Waals surface area contributed by atoms with Gasteiger partial charge in [-0.1, -0.05) is 17.3 Å². The zero-order valence-corrected chi connectivity index (χ0v) is 17.4. The Hall–Kier alpha value is -3.75. The van der Waals surface area contributed by atoms with Crippen molar-refractivity contribution >= 4 is 17.9 Å². The van der Waals surface area contributed by atoms with Crippen molar-refractivity contribution < 1.29 is 23.2 Å². The second-order valence-electron chi connectivity index (χ2n) is 7.83. The van der Waals surface area contributed by atoms with Crippen molar-refractivity contribution in [3.8, 4) is 11.3 Å². The number of rotatable bonds is 6. The largest absolute Gasteiger partial charge is 0.444 e. The van der Waals surface area contributed by atoms with Crippen LogP contribution in [0.25, 0.3) is 11.3 Å². The highest BCUT2D eigenvalue weighted by Crippen LogP contribution is 2.21. The summed E-state index contributed by atoms with van der Waals surface area (Å²) in [6, 6.07) is 9.75. The summed E-state index contributed by atoms with van der Waals surface area (Å²) in [7, 11) is 0. The van der Waals surface area contributed by atoms with Gasteiger partial charge < -0.3 is 14.6 Å². The van der Waals surface area contributed by atoms with E-state index >= 15 is 0 Å². The number of alkyl carbamates (subject to hydrolysis) is 1. The normalized spacial score (nSPS) is 12.1. The quantitative estimate of drug-likeness (QED) is 0.618. The maximum Gasteiger partial charge on any atom is 0.408 e. The highest BCUT2D eigenvalue weighted by atomic mass is 19.1. The first-order valence-electron chi connectivity index (χ1n) is 9.61. The van der Waals surface area contributed by atoms with Gasteiger partial charge in [-0.2, -0.15) is 0 Å². The van der Waals surface area contributed by atoms with E-state index in [1.165, 1.54) is 12.1 Å². The van der Waals surface area contributed by atoms with Gasteiger partial charge in [0.1, 0.15) is 23.2 Å². The third-order valence-corrected chi connectivity index (χ3v) is 4.09. The van der Waals surface area contributed by atoms with Crippen LogP contribution in [-0.4, -0.2) is 33.8 Å². The second-order valence-corrected chi connectivity index (χ2v) is 7.83. The molecule has 2 aromatic heterocycles. The molecule has 0 saturated heterocycles. The van der Waals surface area contributed by atoms with Gasteiger partial charge in [0, 0.05) is 30.4 Å². The second kappa shape index (κ2) is 9.38. The SMILES string of the molecule is CC(C)(C)OC(=O)N[C@@H](Cc1ccc(F)cc1)C(=O)Nc1cc(-c2ccncc2)no1. The van der Waals surface area contributed by atoms with Crippen LogP contribution in [0.4, 0.5) is 15.1 Å². The van der Waals surface area contributed by atoms with E-state index in [2.05, 4.69) is 20.8 Å². The minimum absolute atomic E-state index is 0.118. The van der Waals surface area contributed by atoms with Crippen LogP contribution >= 0.6 is 0 Å². The van der Waals surface area contributed by atoms with Gasteiger partial charge in [-0.3, -0.25) is 15.1 Å². The first kappa shape index (κ1) is 21.9. The smallest absolute Gasteiger partial charge is 0.408 e. The summed E-state index contributed by atoms with van der Waals surface area (Å²) in [6.07, 6.45) is 2.61. The summed E-state index contributed by atoms with van der Waals surface area (Å²) < 4.78 is 23.7. The van der Waals surface area contributed by atoms with Crippen LogP contribution in [-0.2, 0) is 16.0 Å². The average molecular weight is 426 g/mol. The summed E-state index contributed by atoms with van der Waals surface area (Å²) in [4.78, 5) is 29.1. The number of anilines is 1.